The summed E-state index contributed by atoms with van der Waals surface area (Å²) in [6.45, 7) is 2.41. The van der Waals surface area contributed by atoms with Crippen molar-refractivity contribution in [3.8, 4) is 5.75 Å². The monoisotopic (exact) mass is 267 g/mol. The number of aromatic hydroxyl groups is 1. The number of carboxylic acids is 1. The van der Waals surface area contributed by atoms with Crippen LogP contribution in [0.1, 0.15) is 24.8 Å². The number of benzene rings is 1. The molecular formula is C14H18FNO3. The largest absolute Gasteiger partial charge is 0.505 e. The van der Waals surface area contributed by atoms with Gasteiger partial charge in [-0.25, -0.2) is 4.39 Å². The second-order valence-corrected chi connectivity index (χ2v) is 5.11. The van der Waals surface area contributed by atoms with Gasteiger partial charge in [0.05, 0.1) is 0 Å². The number of carbonyl (C=O) groups is 1. The van der Waals surface area contributed by atoms with E-state index in [0.29, 0.717) is 18.9 Å². The summed E-state index contributed by atoms with van der Waals surface area (Å²) in [7, 11) is 0. The lowest BCUT2D eigenvalue weighted by Crippen LogP contribution is -2.20. The Labute approximate surface area is 111 Å². The summed E-state index contributed by atoms with van der Waals surface area (Å²) in [5.74, 6) is -1.26. The van der Waals surface area contributed by atoms with Gasteiger partial charge in [0.2, 0.25) is 0 Å². The SMILES string of the molecule is O=C(O)CCC1CCN(Cc2ccc(O)c(F)c2)C1. The molecule has 1 heterocycles. The van der Waals surface area contributed by atoms with Gasteiger partial charge in [-0.1, -0.05) is 6.07 Å². The first-order valence-corrected chi connectivity index (χ1v) is 6.46. The van der Waals surface area contributed by atoms with Crippen molar-refractivity contribution in [3.05, 3.63) is 29.6 Å². The van der Waals surface area contributed by atoms with Crippen LogP contribution in [-0.4, -0.2) is 34.2 Å². The van der Waals surface area contributed by atoms with Gasteiger partial charge in [0.15, 0.2) is 11.6 Å². The fraction of sp³-hybridized carbons (Fsp3) is 0.500. The molecule has 19 heavy (non-hydrogen) atoms. The Bertz CT molecular complexity index is 464. The second-order valence-electron chi connectivity index (χ2n) is 5.11. The molecule has 1 aromatic rings. The average Bonchev–Trinajstić information content (AvgIpc) is 2.79. The van der Waals surface area contributed by atoms with Gasteiger partial charge in [-0.2, -0.15) is 0 Å². The average molecular weight is 267 g/mol. The maximum atomic E-state index is 13.2. The van der Waals surface area contributed by atoms with E-state index in [1.807, 2.05) is 0 Å². The molecule has 0 saturated carbocycles. The number of carboxylic acid groups (broad SMARTS) is 1. The highest BCUT2D eigenvalue weighted by atomic mass is 19.1. The Hall–Kier alpha value is -1.62. The molecule has 0 aromatic heterocycles. The summed E-state index contributed by atoms with van der Waals surface area (Å²) in [6, 6.07) is 4.42. The smallest absolute Gasteiger partial charge is 0.303 e. The van der Waals surface area contributed by atoms with E-state index in [0.717, 1.165) is 25.1 Å². The van der Waals surface area contributed by atoms with Crippen molar-refractivity contribution in [2.75, 3.05) is 13.1 Å². The Morgan fingerprint density at radius 3 is 2.95 bits per heavy atom. The van der Waals surface area contributed by atoms with Crippen molar-refractivity contribution in [2.45, 2.75) is 25.8 Å². The first-order valence-electron chi connectivity index (χ1n) is 6.46. The fourth-order valence-corrected chi connectivity index (χ4v) is 2.53. The van der Waals surface area contributed by atoms with Crippen LogP contribution in [0.4, 0.5) is 4.39 Å². The normalized spacial score (nSPS) is 19.7. The van der Waals surface area contributed by atoms with Crippen LogP contribution < -0.4 is 0 Å². The summed E-state index contributed by atoms with van der Waals surface area (Å²) in [5, 5.41) is 17.8. The topological polar surface area (TPSA) is 60.8 Å². The summed E-state index contributed by atoms with van der Waals surface area (Å²) in [4.78, 5) is 12.7. The molecule has 1 unspecified atom stereocenters. The number of nitrogens with zero attached hydrogens (tertiary/aromatic N) is 1. The van der Waals surface area contributed by atoms with Gasteiger partial charge in [0.1, 0.15) is 0 Å². The van der Waals surface area contributed by atoms with E-state index < -0.39 is 11.8 Å². The molecule has 1 aromatic carbocycles. The Morgan fingerprint density at radius 1 is 1.47 bits per heavy atom. The van der Waals surface area contributed by atoms with E-state index in [1.54, 1.807) is 6.07 Å². The summed E-state index contributed by atoms with van der Waals surface area (Å²) >= 11 is 0. The Kier molecular flexibility index (Phi) is 4.37. The maximum absolute atomic E-state index is 13.2. The number of phenolic OH excluding ortho intramolecular Hbond substituents is 1. The van der Waals surface area contributed by atoms with E-state index in [1.165, 1.54) is 12.1 Å². The minimum absolute atomic E-state index is 0.215. The minimum Gasteiger partial charge on any atom is -0.505 e. The molecular weight excluding hydrogens is 249 g/mol. The summed E-state index contributed by atoms with van der Waals surface area (Å²) in [6.07, 6.45) is 1.91. The molecule has 0 bridgehead atoms. The molecule has 2 N–H and O–H groups in total. The maximum Gasteiger partial charge on any atom is 0.303 e. The number of phenols is 1. The van der Waals surface area contributed by atoms with E-state index in [4.69, 9.17) is 10.2 Å². The van der Waals surface area contributed by atoms with Crippen LogP contribution in [0.25, 0.3) is 0 Å². The van der Waals surface area contributed by atoms with Crippen LogP contribution in [0, 0.1) is 11.7 Å². The predicted molar refractivity (Wildman–Crippen MR) is 68.3 cm³/mol. The molecule has 0 radical (unpaired) electrons. The van der Waals surface area contributed by atoms with Crippen molar-refractivity contribution < 1.29 is 19.4 Å². The third-order valence-electron chi connectivity index (χ3n) is 3.55. The van der Waals surface area contributed by atoms with Gasteiger partial charge in [0.25, 0.3) is 0 Å². The van der Waals surface area contributed by atoms with Gasteiger partial charge in [0, 0.05) is 19.5 Å². The lowest BCUT2D eigenvalue weighted by atomic mass is 10.0. The third-order valence-corrected chi connectivity index (χ3v) is 3.55. The molecule has 0 aliphatic carbocycles. The lowest BCUT2D eigenvalue weighted by Gasteiger charge is -2.16. The van der Waals surface area contributed by atoms with E-state index >= 15 is 0 Å². The van der Waals surface area contributed by atoms with Gasteiger partial charge < -0.3 is 10.2 Å². The molecule has 1 saturated heterocycles. The zero-order valence-electron chi connectivity index (χ0n) is 10.7. The number of halogens is 1. The van der Waals surface area contributed by atoms with Gasteiger partial charge in [-0.3, -0.25) is 9.69 Å². The molecule has 0 amide bonds. The van der Waals surface area contributed by atoms with E-state index in [2.05, 4.69) is 4.90 Å². The first-order chi connectivity index (χ1) is 9.04. The molecule has 2 rings (SSSR count). The second kappa shape index (κ2) is 6.02. The molecule has 0 spiro atoms. The minimum atomic E-state index is -0.751. The van der Waals surface area contributed by atoms with Crippen LogP contribution in [0.15, 0.2) is 18.2 Å². The Morgan fingerprint density at radius 2 is 2.26 bits per heavy atom. The van der Waals surface area contributed by atoms with Crippen LogP contribution in [0.2, 0.25) is 0 Å². The molecule has 1 atom stereocenters. The van der Waals surface area contributed by atoms with Gasteiger partial charge in [-0.15, -0.1) is 0 Å². The predicted octanol–water partition coefficient (Wildman–Crippen LogP) is 2.22. The molecule has 1 aliphatic rings. The quantitative estimate of drug-likeness (QED) is 0.858. The van der Waals surface area contributed by atoms with Crippen molar-refractivity contribution in [3.63, 3.8) is 0 Å². The lowest BCUT2D eigenvalue weighted by molar-refractivity contribution is -0.137. The molecule has 5 heteroatoms. The highest BCUT2D eigenvalue weighted by Gasteiger charge is 2.23. The van der Waals surface area contributed by atoms with Crippen molar-refractivity contribution >= 4 is 5.97 Å². The number of aliphatic carboxylic acids is 1. The molecule has 1 fully saturated rings. The number of hydrogen-bond acceptors (Lipinski definition) is 3. The summed E-state index contributed by atoms with van der Waals surface area (Å²) < 4.78 is 13.2. The van der Waals surface area contributed by atoms with Crippen LogP contribution >= 0.6 is 0 Å². The van der Waals surface area contributed by atoms with Crippen molar-refractivity contribution in [2.24, 2.45) is 5.92 Å². The highest BCUT2D eigenvalue weighted by Crippen LogP contribution is 2.24. The van der Waals surface area contributed by atoms with Crippen LogP contribution in [0.3, 0.4) is 0 Å². The third kappa shape index (κ3) is 3.92. The standard InChI is InChI=1S/C14H18FNO3/c15-12-7-11(1-3-13(12)17)9-16-6-5-10(8-16)2-4-14(18)19/h1,3,7,10,17H,2,4-6,8-9H2,(H,18,19). The van der Waals surface area contributed by atoms with E-state index in [-0.39, 0.29) is 12.2 Å². The molecule has 104 valence electrons. The summed E-state index contributed by atoms with van der Waals surface area (Å²) in [5.41, 5.74) is 0.828. The zero-order valence-corrected chi connectivity index (χ0v) is 10.7. The highest BCUT2D eigenvalue weighted by molar-refractivity contribution is 5.66. The van der Waals surface area contributed by atoms with Gasteiger partial charge in [-0.05, 0) is 43.0 Å². The van der Waals surface area contributed by atoms with Crippen molar-refractivity contribution in [1.82, 2.24) is 4.90 Å². The van der Waals surface area contributed by atoms with Crippen LogP contribution in [-0.2, 0) is 11.3 Å². The molecule has 1 aliphatic heterocycles. The van der Waals surface area contributed by atoms with Crippen LogP contribution in [0.5, 0.6) is 5.75 Å². The Balaban J connectivity index is 1.84. The number of hydrogen-bond donors (Lipinski definition) is 2. The van der Waals surface area contributed by atoms with Crippen molar-refractivity contribution in [1.29, 1.82) is 0 Å². The zero-order chi connectivity index (χ0) is 13.8. The fourth-order valence-electron chi connectivity index (χ4n) is 2.53. The van der Waals surface area contributed by atoms with E-state index in [9.17, 15) is 9.18 Å². The number of likely N-dealkylation sites (tertiary alicyclic amines) is 1. The number of rotatable bonds is 5. The van der Waals surface area contributed by atoms with Gasteiger partial charge >= 0.3 is 5.97 Å². The first kappa shape index (κ1) is 13.8. The molecule has 4 nitrogen and oxygen atoms in total.